The van der Waals surface area contributed by atoms with E-state index in [1.54, 1.807) is 18.2 Å². The maximum Gasteiger partial charge on any atom is 0.337 e. The van der Waals surface area contributed by atoms with Gasteiger partial charge in [0.05, 0.1) is 52.0 Å². The second-order valence-electron chi connectivity index (χ2n) is 4.38. The van der Waals surface area contributed by atoms with Crippen molar-refractivity contribution in [1.29, 1.82) is 0 Å². The van der Waals surface area contributed by atoms with Gasteiger partial charge in [-0.25, -0.2) is 4.79 Å². The van der Waals surface area contributed by atoms with Crippen LogP contribution in [-0.4, -0.2) is 54.2 Å². The molecular weight excluding hydrogens is 312 g/mol. The molecule has 0 N–H and O–H groups in total. The zero-order valence-corrected chi connectivity index (χ0v) is 13.4. The molecule has 124 valence electrons. The van der Waals surface area contributed by atoms with Gasteiger partial charge < -0.3 is 14.2 Å². The predicted octanol–water partition coefficient (Wildman–Crippen LogP) is 0.983. The second-order valence-corrected chi connectivity index (χ2v) is 6.03. The molecule has 0 atom stereocenters. The lowest BCUT2D eigenvalue weighted by molar-refractivity contribution is 0.0311. The summed E-state index contributed by atoms with van der Waals surface area (Å²) in [5.74, 6) is -0.393. The molecule has 0 fully saturated rings. The van der Waals surface area contributed by atoms with Crippen molar-refractivity contribution in [1.82, 2.24) is 0 Å². The number of benzene rings is 1. The number of methoxy groups -OCH3 is 1. The number of hydrogen-bond donors (Lipinski definition) is 0. The number of ether oxygens (including phenoxy) is 3. The summed E-state index contributed by atoms with van der Waals surface area (Å²) in [5, 5.41) is 0. The highest BCUT2D eigenvalue weighted by molar-refractivity contribution is 7.85. The standard InChI is InChI=1S/C14H20O7S/c1-18-14(15)13-5-3-4-12(10-13)11-20-7-6-19-8-9-21-22(2,16)17/h3-5,10H,6-9,11H2,1-2H3. The van der Waals surface area contributed by atoms with Gasteiger partial charge in [0.25, 0.3) is 10.1 Å². The first kappa shape index (κ1) is 18.6. The molecular formula is C14H20O7S. The fourth-order valence-electron chi connectivity index (χ4n) is 1.56. The molecule has 0 spiro atoms. The summed E-state index contributed by atoms with van der Waals surface area (Å²) in [6.07, 6.45) is 0.985. The Morgan fingerprint density at radius 3 is 2.45 bits per heavy atom. The van der Waals surface area contributed by atoms with Gasteiger partial charge in [0, 0.05) is 0 Å². The van der Waals surface area contributed by atoms with E-state index in [1.807, 2.05) is 6.07 Å². The van der Waals surface area contributed by atoms with Crippen LogP contribution in [0, 0.1) is 0 Å². The molecule has 0 heterocycles. The van der Waals surface area contributed by atoms with Crippen molar-refractivity contribution in [3.63, 3.8) is 0 Å². The Balaban J connectivity index is 2.16. The van der Waals surface area contributed by atoms with Crippen LogP contribution >= 0.6 is 0 Å². The molecule has 7 nitrogen and oxygen atoms in total. The monoisotopic (exact) mass is 332 g/mol. The molecule has 0 radical (unpaired) electrons. The first-order valence-electron chi connectivity index (χ1n) is 6.59. The molecule has 0 unspecified atom stereocenters. The van der Waals surface area contributed by atoms with Crippen molar-refractivity contribution < 1.29 is 31.6 Å². The van der Waals surface area contributed by atoms with E-state index in [0.717, 1.165) is 11.8 Å². The first-order valence-corrected chi connectivity index (χ1v) is 8.41. The zero-order valence-electron chi connectivity index (χ0n) is 12.6. The molecule has 0 aliphatic rings. The third-order valence-corrected chi connectivity index (χ3v) is 3.11. The maximum absolute atomic E-state index is 11.4. The van der Waals surface area contributed by atoms with Gasteiger partial charge >= 0.3 is 5.97 Å². The van der Waals surface area contributed by atoms with Crippen LogP contribution in [0.15, 0.2) is 24.3 Å². The van der Waals surface area contributed by atoms with Crippen LogP contribution in [0.3, 0.4) is 0 Å². The van der Waals surface area contributed by atoms with E-state index in [2.05, 4.69) is 8.92 Å². The minimum Gasteiger partial charge on any atom is -0.465 e. The van der Waals surface area contributed by atoms with Gasteiger partial charge in [-0.1, -0.05) is 12.1 Å². The van der Waals surface area contributed by atoms with Crippen molar-refractivity contribution in [3.05, 3.63) is 35.4 Å². The normalized spacial score (nSPS) is 11.4. The molecule has 1 rings (SSSR count). The number of rotatable bonds is 10. The molecule has 1 aromatic carbocycles. The van der Waals surface area contributed by atoms with Crippen LogP contribution in [-0.2, 0) is 35.1 Å². The summed E-state index contributed by atoms with van der Waals surface area (Å²) in [4.78, 5) is 11.4. The van der Waals surface area contributed by atoms with E-state index >= 15 is 0 Å². The summed E-state index contributed by atoms with van der Waals surface area (Å²) in [7, 11) is -2.09. The largest absolute Gasteiger partial charge is 0.465 e. The minimum atomic E-state index is -3.42. The van der Waals surface area contributed by atoms with Crippen LogP contribution in [0.5, 0.6) is 0 Å². The van der Waals surface area contributed by atoms with Crippen LogP contribution in [0.1, 0.15) is 15.9 Å². The van der Waals surface area contributed by atoms with Crippen LogP contribution in [0.4, 0.5) is 0 Å². The summed E-state index contributed by atoms with van der Waals surface area (Å²) in [6, 6.07) is 6.96. The number of carbonyl (C=O) groups excluding carboxylic acids is 1. The highest BCUT2D eigenvalue weighted by Gasteiger charge is 2.05. The number of carbonyl (C=O) groups is 1. The van der Waals surface area contributed by atoms with Crippen molar-refractivity contribution in [3.8, 4) is 0 Å². The molecule has 0 aliphatic heterocycles. The molecule has 0 amide bonds. The van der Waals surface area contributed by atoms with E-state index in [1.165, 1.54) is 7.11 Å². The Bertz CT molecular complexity index is 568. The van der Waals surface area contributed by atoms with Crippen molar-refractivity contribution >= 4 is 16.1 Å². The van der Waals surface area contributed by atoms with Gasteiger partial charge in [0.15, 0.2) is 0 Å². The smallest absolute Gasteiger partial charge is 0.337 e. The quantitative estimate of drug-likeness (QED) is 0.358. The summed E-state index contributed by atoms with van der Waals surface area (Å²) >= 11 is 0. The van der Waals surface area contributed by atoms with Crippen molar-refractivity contribution in [2.75, 3.05) is 39.8 Å². The Morgan fingerprint density at radius 1 is 1.09 bits per heavy atom. The van der Waals surface area contributed by atoms with Gasteiger partial charge in [-0.3, -0.25) is 4.18 Å². The van der Waals surface area contributed by atoms with Gasteiger partial charge in [0.2, 0.25) is 0 Å². The molecule has 0 saturated heterocycles. The average molecular weight is 332 g/mol. The van der Waals surface area contributed by atoms with E-state index in [0.29, 0.717) is 25.4 Å². The molecule has 0 aliphatic carbocycles. The fourth-order valence-corrected chi connectivity index (χ4v) is 1.93. The van der Waals surface area contributed by atoms with Gasteiger partial charge in [-0.15, -0.1) is 0 Å². The Kier molecular flexibility index (Phi) is 8.03. The van der Waals surface area contributed by atoms with E-state index < -0.39 is 16.1 Å². The van der Waals surface area contributed by atoms with Crippen molar-refractivity contribution in [2.45, 2.75) is 6.61 Å². The van der Waals surface area contributed by atoms with Crippen molar-refractivity contribution in [2.24, 2.45) is 0 Å². The van der Waals surface area contributed by atoms with Crippen LogP contribution in [0.25, 0.3) is 0 Å². The lowest BCUT2D eigenvalue weighted by Gasteiger charge is -2.07. The van der Waals surface area contributed by atoms with Crippen LogP contribution in [0.2, 0.25) is 0 Å². The molecule has 0 aromatic heterocycles. The highest BCUT2D eigenvalue weighted by Crippen LogP contribution is 2.07. The Hall–Kier alpha value is -1.48. The molecule has 0 bridgehead atoms. The summed E-state index contributed by atoms with van der Waals surface area (Å²) in [6.45, 7) is 1.17. The Labute approximate surface area is 130 Å². The van der Waals surface area contributed by atoms with Gasteiger partial charge in [-0.2, -0.15) is 8.42 Å². The third kappa shape index (κ3) is 8.08. The number of esters is 1. The summed E-state index contributed by atoms with van der Waals surface area (Å²) in [5.41, 5.74) is 1.32. The molecule has 1 aromatic rings. The topological polar surface area (TPSA) is 88.1 Å². The second kappa shape index (κ2) is 9.52. The highest BCUT2D eigenvalue weighted by atomic mass is 32.2. The SMILES string of the molecule is COC(=O)c1cccc(COCCOCCOS(C)(=O)=O)c1. The van der Waals surface area contributed by atoms with Gasteiger partial charge in [0.1, 0.15) is 0 Å². The predicted molar refractivity (Wildman–Crippen MR) is 79.1 cm³/mol. The Morgan fingerprint density at radius 2 is 1.77 bits per heavy atom. The molecule has 22 heavy (non-hydrogen) atoms. The van der Waals surface area contributed by atoms with E-state index in [4.69, 9.17) is 9.47 Å². The summed E-state index contributed by atoms with van der Waals surface area (Å²) < 4.78 is 41.1. The lowest BCUT2D eigenvalue weighted by atomic mass is 10.1. The minimum absolute atomic E-state index is 0.0139. The first-order chi connectivity index (χ1) is 10.4. The van der Waals surface area contributed by atoms with Gasteiger partial charge in [-0.05, 0) is 17.7 Å². The maximum atomic E-state index is 11.4. The molecule has 8 heteroatoms. The number of hydrogen-bond acceptors (Lipinski definition) is 7. The van der Waals surface area contributed by atoms with Crippen LogP contribution < -0.4 is 0 Å². The lowest BCUT2D eigenvalue weighted by Crippen LogP contribution is -2.12. The zero-order chi connectivity index (χ0) is 16.4. The third-order valence-electron chi connectivity index (χ3n) is 2.51. The molecule has 0 saturated carbocycles. The van der Waals surface area contributed by atoms with E-state index in [9.17, 15) is 13.2 Å². The average Bonchev–Trinajstić information content (AvgIpc) is 2.48. The van der Waals surface area contributed by atoms with E-state index in [-0.39, 0.29) is 13.2 Å². The fraction of sp³-hybridized carbons (Fsp3) is 0.500.